The quantitative estimate of drug-likeness (QED) is 0.593. The summed E-state index contributed by atoms with van der Waals surface area (Å²) in [6, 6.07) is 0. The first-order valence-corrected chi connectivity index (χ1v) is 4.69. The molecule has 1 N–H and O–H groups in total. The minimum Gasteiger partial charge on any atom is -0.381 e. The van der Waals surface area contributed by atoms with E-state index in [4.69, 9.17) is 0 Å². The molecule has 0 aromatic rings. The van der Waals surface area contributed by atoms with Crippen LogP contribution >= 0.6 is 0 Å². The summed E-state index contributed by atoms with van der Waals surface area (Å²) in [6.45, 7) is 5.91. The molecule has 0 aromatic carbocycles. The lowest BCUT2D eigenvalue weighted by Gasteiger charge is -2.21. The van der Waals surface area contributed by atoms with E-state index in [0.29, 0.717) is 0 Å². The van der Waals surface area contributed by atoms with Gasteiger partial charge in [0, 0.05) is 17.3 Å². The molecule has 2 saturated carbocycles. The standard InChI is InChI=1S/C10H16O2/c1-6-4-5-7-9(2,3)10(7,12)8(6)11/h6-7,12H,4-5H2,1-3H3. The van der Waals surface area contributed by atoms with Crippen LogP contribution in [0.3, 0.4) is 0 Å². The van der Waals surface area contributed by atoms with Crippen molar-refractivity contribution < 1.29 is 9.90 Å². The Balaban J connectivity index is 2.33. The van der Waals surface area contributed by atoms with Crippen LogP contribution in [0, 0.1) is 17.3 Å². The number of carbonyl (C=O) groups excluding carboxylic acids is 1. The molecular formula is C10H16O2. The second-order valence-electron chi connectivity index (χ2n) is 4.88. The van der Waals surface area contributed by atoms with Crippen LogP contribution < -0.4 is 0 Å². The summed E-state index contributed by atoms with van der Waals surface area (Å²) in [5.41, 5.74) is -1.13. The van der Waals surface area contributed by atoms with Gasteiger partial charge in [-0.15, -0.1) is 0 Å². The molecule has 0 aromatic heterocycles. The van der Waals surface area contributed by atoms with Gasteiger partial charge in [0.1, 0.15) is 5.60 Å². The van der Waals surface area contributed by atoms with Gasteiger partial charge in [-0.05, 0) is 12.8 Å². The zero-order chi connectivity index (χ0) is 9.15. The van der Waals surface area contributed by atoms with Gasteiger partial charge < -0.3 is 5.11 Å². The number of rotatable bonds is 0. The number of ketones is 1. The zero-order valence-electron chi connectivity index (χ0n) is 7.92. The molecule has 2 heteroatoms. The minimum absolute atomic E-state index is 0.0630. The highest BCUT2D eigenvalue weighted by molar-refractivity contribution is 5.94. The monoisotopic (exact) mass is 168 g/mol. The van der Waals surface area contributed by atoms with E-state index in [1.807, 2.05) is 20.8 Å². The molecule has 0 radical (unpaired) electrons. The predicted molar refractivity (Wildman–Crippen MR) is 45.6 cm³/mol. The normalized spacial score (nSPS) is 50.2. The topological polar surface area (TPSA) is 37.3 Å². The number of aliphatic hydroxyl groups is 1. The highest BCUT2D eigenvalue weighted by Crippen LogP contribution is 2.67. The van der Waals surface area contributed by atoms with Crippen molar-refractivity contribution in [1.82, 2.24) is 0 Å². The molecule has 0 heterocycles. The van der Waals surface area contributed by atoms with E-state index in [1.165, 1.54) is 0 Å². The Bertz CT molecular complexity index is 244. The molecular weight excluding hydrogens is 152 g/mol. The Morgan fingerprint density at radius 2 is 2.00 bits per heavy atom. The Morgan fingerprint density at radius 1 is 1.42 bits per heavy atom. The highest BCUT2D eigenvalue weighted by Gasteiger charge is 2.75. The third-order valence-corrected chi connectivity index (χ3v) is 3.99. The largest absolute Gasteiger partial charge is 0.381 e. The van der Waals surface area contributed by atoms with E-state index in [2.05, 4.69) is 0 Å². The number of fused-ring (bicyclic) bond motifs is 1. The van der Waals surface area contributed by atoms with Gasteiger partial charge in [-0.3, -0.25) is 4.79 Å². The maximum absolute atomic E-state index is 11.7. The molecule has 68 valence electrons. The molecule has 3 atom stereocenters. The lowest BCUT2D eigenvalue weighted by atomic mass is 9.87. The van der Waals surface area contributed by atoms with Crippen molar-refractivity contribution in [2.75, 3.05) is 0 Å². The first kappa shape index (κ1) is 8.24. The molecule has 3 unspecified atom stereocenters. The molecule has 0 spiro atoms. The molecule has 2 rings (SSSR count). The molecule has 0 saturated heterocycles. The molecule has 12 heavy (non-hydrogen) atoms. The summed E-state index contributed by atoms with van der Waals surface area (Å²) in [4.78, 5) is 11.7. The first-order chi connectivity index (χ1) is 5.42. The average Bonchev–Trinajstić information content (AvgIpc) is 2.42. The Morgan fingerprint density at radius 3 is 2.50 bits per heavy atom. The predicted octanol–water partition coefficient (Wildman–Crippen LogP) is 1.37. The molecule has 2 aliphatic carbocycles. The van der Waals surface area contributed by atoms with Crippen molar-refractivity contribution in [2.24, 2.45) is 17.3 Å². The summed E-state index contributed by atoms with van der Waals surface area (Å²) in [6.07, 6.45) is 1.96. The van der Waals surface area contributed by atoms with Crippen molar-refractivity contribution >= 4 is 5.78 Å². The lowest BCUT2D eigenvalue weighted by Crippen LogP contribution is -2.36. The maximum Gasteiger partial charge on any atom is 0.167 e. The number of carbonyl (C=O) groups is 1. The number of Topliss-reactive ketones (excluding diaryl/α,β-unsaturated/α-hetero) is 1. The van der Waals surface area contributed by atoms with E-state index >= 15 is 0 Å². The maximum atomic E-state index is 11.7. The smallest absolute Gasteiger partial charge is 0.167 e. The Labute approximate surface area is 73.0 Å². The van der Waals surface area contributed by atoms with Gasteiger partial charge >= 0.3 is 0 Å². The molecule has 2 aliphatic rings. The van der Waals surface area contributed by atoms with Crippen LogP contribution in [0.4, 0.5) is 0 Å². The second kappa shape index (κ2) is 1.92. The highest BCUT2D eigenvalue weighted by atomic mass is 16.3. The van der Waals surface area contributed by atoms with Crippen molar-refractivity contribution in [2.45, 2.75) is 39.2 Å². The van der Waals surface area contributed by atoms with Crippen LogP contribution in [0.15, 0.2) is 0 Å². The van der Waals surface area contributed by atoms with Crippen molar-refractivity contribution in [3.8, 4) is 0 Å². The van der Waals surface area contributed by atoms with E-state index in [1.54, 1.807) is 0 Å². The van der Waals surface area contributed by atoms with E-state index in [0.717, 1.165) is 12.8 Å². The van der Waals surface area contributed by atoms with Gasteiger partial charge in [-0.2, -0.15) is 0 Å². The van der Waals surface area contributed by atoms with Crippen LogP contribution in [0.2, 0.25) is 0 Å². The number of hydrogen-bond acceptors (Lipinski definition) is 2. The van der Waals surface area contributed by atoms with Gasteiger partial charge in [0.2, 0.25) is 0 Å². The fourth-order valence-corrected chi connectivity index (χ4v) is 2.83. The van der Waals surface area contributed by atoms with Crippen molar-refractivity contribution in [3.05, 3.63) is 0 Å². The fraction of sp³-hybridized carbons (Fsp3) is 0.900. The zero-order valence-corrected chi connectivity index (χ0v) is 7.92. The molecule has 0 amide bonds. The second-order valence-corrected chi connectivity index (χ2v) is 4.88. The van der Waals surface area contributed by atoms with Gasteiger partial charge in [-0.1, -0.05) is 20.8 Å². The number of hydrogen-bond donors (Lipinski definition) is 1. The van der Waals surface area contributed by atoms with E-state index in [9.17, 15) is 9.90 Å². The summed E-state index contributed by atoms with van der Waals surface area (Å²) >= 11 is 0. The van der Waals surface area contributed by atoms with Crippen molar-refractivity contribution in [1.29, 1.82) is 0 Å². The van der Waals surface area contributed by atoms with Crippen LogP contribution in [-0.4, -0.2) is 16.5 Å². The molecule has 2 nitrogen and oxygen atoms in total. The van der Waals surface area contributed by atoms with Gasteiger partial charge in [0.05, 0.1) is 0 Å². The van der Waals surface area contributed by atoms with Gasteiger partial charge in [0.15, 0.2) is 5.78 Å². The van der Waals surface area contributed by atoms with Gasteiger partial charge in [-0.25, -0.2) is 0 Å². The molecule has 0 aliphatic heterocycles. The van der Waals surface area contributed by atoms with E-state index < -0.39 is 5.60 Å². The third-order valence-electron chi connectivity index (χ3n) is 3.99. The Hall–Kier alpha value is -0.370. The summed E-state index contributed by atoms with van der Waals surface area (Å²) in [5, 5.41) is 10.1. The van der Waals surface area contributed by atoms with Crippen LogP contribution in [-0.2, 0) is 4.79 Å². The van der Waals surface area contributed by atoms with Crippen LogP contribution in [0.25, 0.3) is 0 Å². The minimum atomic E-state index is -0.968. The fourth-order valence-electron chi connectivity index (χ4n) is 2.83. The summed E-state index contributed by atoms with van der Waals surface area (Å²) in [7, 11) is 0. The summed E-state index contributed by atoms with van der Waals surface area (Å²) in [5.74, 6) is 0.366. The van der Waals surface area contributed by atoms with Crippen LogP contribution in [0.5, 0.6) is 0 Å². The third kappa shape index (κ3) is 0.634. The van der Waals surface area contributed by atoms with E-state index in [-0.39, 0.29) is 23.0 Å². The van der Waals surface area contributed by atoms with Gasteiger partial charge in [0.25, 0.3) is 0 Å². The van der Waals surface area contributed by atoms with Crippen molar-refractivity contribution in [3.63, 3.8) is 0 Å². The summed E-state index contributed by atoms with van der Waals surface area (Å²) < 4.78 is 0. The lowest BCUT2D eigenvalue weighted by molar-refractivity contribution is -0.137. The average molecular weight is 168 g/mol. The molecule has 2 fully saturated rings. The first-order valence-electron chi connectivity index (χ1n) is 4.69. The Kier molecular flexibility index (Phi) is 1.32. The SMILES string of the molecule is CC1CCC2C(C)(C)C2(O)C1=O. The molecule has 0 bridgehead atoms. The van der Waals surface area contributed by atoms with Crippen LogP contribution in [0.1, 0.15) is 33.6 Å².